The molecule has 1 unspecified atom stereocenters. The lowest BCUT2D eigenvalue weighted by Crippen LogP contribution is -2.41. The molecule has 0 radical (unpaired) electrons. The average molecular weight is 464 g/mol. The lowest BCUT2D eigenvalue weighted by molar-refractivity contribution is 0.0827. The molecule has 174 valence electrons. The molecular weight excluding hydrogens is 434 g/mol. The van der Waals surface area contributed by atoms with Crippen LogP contribution in [-0.4, -0.2) is 72.8 Å². The van der Waals surface area contributed by atoms with E-state index >= 15 is 0 Å². The van der Waals surface area contributed by atoms with Gasteiger partial charge in [-0.1, -0.05) is 0 Å². The highest BCUT2D eigenvalue weighted by Gasteiger charge is 2.28. The first-order chi connectivity index (χ1) is 15.0. The zero-order valence-electron chi connectivity index (χ0n) is 19.0. The maximum Gasteiger partial charge on any atom is 0.253 e. The Hall–Kier alpha value is -2.40. The second-order valence-corrected chi connectivity index (χ2v) is 10.8. The number of anilines is 1. The summed E-state index contributed by atoms with van der Waals surface area (Å²) in [6.07, 6.45) is 0. The first-order valence-electron chi connectivity index (χ1n) is 10.3. The van der Waals surface area contributed by atoms with Gasteiger partial charge < -0.3 is 23.5 Å². The predicted octanol–water partition coefficient (Wildman–Crippen LogP) is 1.57. The first kappa shape index (κ1) is 24.2. The molecule has 2 aromatic rings. The van der Waals surface area contributed by atoms with Crippen LogP contribution < -0.4 is 15.1 Å². The third-order valence-electron chi connectivity index (χ3n) is 5.01. The van der Waals surface area contributed by atoms with Crippen LogP contribution in [0.15, 0.2) is 27.4 Å². The fourth-order valence-corrected chi connectivity index (χ4v) is 3.91. The molecule has 32 heavy (non-hydrogen) atoms. The SMILES string of the molecule is CN(C)C(=O)c1cc(C(=O)CN[S+]([O-])C(C)(C)C)c2oc(N3CCOCC3)cc(=O)c2c1. The lowest BCUT2D eigenvalue weighted by atomic mass is 10.0. The summed E-state index contributed by atoms with van der Waals surface area (Å²) in [6, 6.07) is 4.25. The fraction of sp³-hybridized carbons (Fsp3) is 0.500. The molecule has 3 rings (SSSR count). The van der Waals surface area contributed by atoms with Gasteiger partial charge >= 0.3 is 0 Å². The third kappa shape index (κ3) is 5.32. The van der Waals surface area contributed by atoms with Gasteiger partial charge in [-0.2, -0.15) is 0 Å². The highest BCUT2D eigenvalue weighted by Crippen LogP contribution is 2.26. The first-order valence-corrected chi connectivity index (χ1v) is 11.5. The predicted molar refractivity (Wildman–Crippen MR) is 124 cm³/mol. The Morgan fingerprint density at radius 1 is 1.19 bits per heavy atom. The van der Waals surface area contributed by atoms with Crippen LogP contribution in [0.3, 0.4) is 0 Å². The molecule has 1 aromatic heterocycles. The minimum absolute atomic E-state index is 0.0957. The monoisotopic (exact) mass is 463 g/mol. The van der Waals surface area contributed by atoms with Gasteiger partial charge in [-0.05, 0) is 32.9 Å². The number of ketones is 1. The van der Waals surface area contributed by atoms with Gasteiger partial charge in [-0.25, -0.2) is 0 Å². The van der Waals surface area contributed by atoms with Gasteiger partial charge in [0.15, 0.2) is 22.7 Å². The number of fused-ring (bicyclic) bond motifs is 1. The van der Waals surface area contributed by atoms with Crippen molar-refractivity contribution in [1.29, 1.82) is 0 Å². The number of nitrogens with one attached hydrogen (secondary N) is 1. The summed E-state index contributed by atoms with van der Waals surface area (Å²) in [7, 11) is 3.18. The van der Waals surface area contributed by atoms with Crippen molar-refractivity contribution in [3.05, 3.63) is 39.5 Å². The molecule has 10 heteroatoms. The number of nitrogens with zero attached hydrogens (tertiary/aromatic N) is 2. The van der Waals surface area contributed by atoms with E-state index in [2.05, 4.69) is 4.72 Å². The largest absolute Gasteiger partial charge is 0.598 e. The molecule has 0 aliphatic carbocycles. The van der Waals surface area contributed by atoms with Crippen LogP contribution in [0, 0.1) is 0 Å². The second kappa shape index (κ2) is 9.62. The highest BCUT2D eigenvalue weighted by atomic mass is 32.2. The molecule has 1 aliphatic heterocycles. The summed E-state index contributed by atoms with van der Waals surface area (Å²) >= 11 is -1.46. The number of hydrogen-bond donors (Lipinski definition) is 1. The molecule has 9 nitrogen and oxygen atoms in total. The van der Waals surface area contributed by atoms with Gasteiger partial charge in [0.1, 0.15) is 11.3 Å². The summed E-state index contributed by atoms with van der Waals surface area (Å²) in [4.78, 5) is 41.9. The number of morpholine rings is 1. The van der Waals surface area contributed by atoms with E-state index in [0.717, 1.165) is 0 Å². The lowest BCUT2D eigenvalue weighted by Gasteiger charge is -2.27. The van der Waals surface area contributed by atoms with Crippen LogP contribution in [0.25, 0.3) is 11.0 Å². The van der Waals surface area contributed by atoms with Crippen molar-refractivity contribution >= 4 is 39.9 Å². The number of carbonyl (C=O) groups excluding carboxylic acids is 2. The second-order valence-electron chi connectivity index (χ2n) is 8.77. The van der Waals surface area contributed by atoms with Crippen molar-refractivity contribution in [3.63, 3.8) is 0 Å². The quantitative estimate of drug-likeness (QED) is 0.507. The maximum atomic E-state index is 13.1. The average Bonchev–Trinajstić information content (AvgIpc) is 2.75. The number of Topliss-reactive ketones (excluding diaryl/α,β-unsaturated/α-hetero) is 1. The Balaban J connectivity index is 2.09. The third-order valence-corrected chi connectivity index (χ3v) is 6.53. The van der Waals surface area contributed by atoms with Crippen LogP contribution in [0.4, 0.5) is 5.88 Å². The van der Waals surface area contributed by atoms with Crippen molar-refractivity contribution in [2.75, 3.05) is 51.8 Å². The highest BCUT2D eigenvalue weighted by molar-refractivity contribution is 7.90. The molecule has 1 aromatic carbocycles. The van der Waals surface area contributed by atoms with E-state index in [9.17, 15) is 18.9 Å². The van der Waals surface area contributed by atoms with Crippen LogP contribution in [0.1, 0.15) is 41.5 Å². The summed E-state index contributed by atoms with van der Waals surface area (Å²) in [6.45, 7) is 7.27. The molecule has 1 aliphatic rings. The molecule has 2 heterocycles. The molecule has 1 saturated heterocycles. The zero-order valence-corrected chi connectivity index (χ0v) is 19.8. The van der Waals surface area contributed by atoms with Crippen LogP contribution in [0.2, 0.25) is 0 Å². The van der Waals surface area contributed by atoms with Gasteiger partial charge in [0.25, 0.3) is 5.91 Å². The molecule has 0 bridgehead atoms. The van der Waals surface area contributed by atoms with E-state index in [4.69, 9.17) is 9.15 Å². The Morgan fingerprint density at radius 3 is 2.44 bits per heavy atom. The number of amides is 1. The Labute approximate surface area is 190 Å². The smallest absolute Gasteiger partial charge is 0.253 e. The van der Waals surface area contributed by atoms with Gasteiger partial charge in [0.2, 0.25) is 0 Å². The topological polar surface area (TPSA) is 115 Å². The van der Waals surface area contributed by atoms with E-state index in [1.54, 1.807) is 34.9 Å². The van der Waals surface area contributed by atoms with E-state index < -0.39 is 21.9 Å². The number of ether oxygens (including phenoxy) is 1. The van der Waals surface area contributed by atoms with Crippen molar-refractivity contribution in [2.45, 2.75) is 25.5 Å². The Bertz CT molecular complexity index is 1070. The number of carbonyl (C=O) groups is 2. The standard InChI is InChI=1S/C22H29N3O6S/c1-22(2,3)32(29)23-13-18(27)16-11-14(21(28)24(4)5)10-15-17(26)12-19(31-20(15)16)25-6-8-30-9-7-25/h10-12,23H,6-9,13H2,1-5H3. The molecule has 1 amide bonds. The number of benzene rings is 1. The van der Waals surface area contributed by atoms with Gasteiger partial charge in [0.05, 0.1) is 24.2 Å². The number of hydrogen-bond acceptors (Lipinski definition) is 8. The van der Waals surface area contributed by atoms with E-state index in [1.165, 1.54) is 23.1 Å². The molecular formula is C22H29N3O6S. The molecule has 1 atom stereocenters. The van der Waals surface area contributed by atoms with E-state index in [-0.39, 0.29) is 40.0 Å². The number of rotatable bonds is 6. The van der Waals surface area contributed by atoms with Crippen molar-refractivity contribution in [1.82, 2.24) is 9.62 Å². The molecule has 0 saturated carbocycles. The van der Waals surface area contributed by atoms with Crippen molar-refractivity contribution < 1.29 is 23.3 Å². The molecule has 1 fully saturated rings. The van der Waals surface area contributed by atoms with Crippen LogP contribution in [0.5, 0.6) is 0 Å². The zero-order chi connectivity index (χ0) is 23.6. The molecule has 0 spiro atoms. The minimum Gasteiger partial charge on any atom is -0.598 e. The summed E-state index contributed by atoms with van der Waals surface area (Å²) in [5.74, 6) is -0.426. The van der Waals surface area contributed by atoms with Crippen molar-refractivity contribution in [2.24, 2.45) is 0 Å². The van der Waals surface area contributed by atoms with Crippen molar-refractivity contribution in [3.8, 4) is 0 Å². The maximum absolute atomic E-state index is 13.1. The molecule has 1 N–H and O–H groups in total. The fourth-order valence-electron chi connectivity index (χ4n) is 3.22. The normalized spacial score (nSPS) is 15.6. The summed E-state index contributed by atoms with van der Waals surface area (Å²) in [5.41, 5.74) is 0.0663. The van der Waals surface area contributed by atoms with E-state index in [0.29, 0.717) is 32.2 Å². The van der Waals surface area contributed by atoms with Crippen LogP contribution >= 0.6 is 0 Å². The Kier molecular flexibility index (Phi) is 7.29. The van der Waals surface area contributed by atoms with Crippen LogP contribution in [-0.2, 0) is 16.1 Å². The Morgan fingerprint density at radius 2 is 1.84 bits per heavy atom. The van der Waals surface area contributed by atoms with Gasteiger partial charge in [-0.3, -0.25) is 14.4 Å². The summed E-state index contributed by atoms with van der Waals surface area (Å²) < 4.78 is 25.9. The van der Waals surface area contributed by atoms with Gasteiger partial charge in [-0.15, -0.1) is 4.72 Å². The summed E-state index contributed by atoms with van der Waals surface area (Å²) in [5, 5.41) is 0.148. The minimum atomic E-state index is -1.46. The van der Waals surface area contributed by atoms with Gasteiger partial charge in [0, 0.05) is 50.2 Å². The van der Waals surface area contributed by atoms with E-state index in [1.807, 2.05) is 4.90 Å².